The van der Waals surface area contributed by atoms with E-state index in [0.29, 0.717) is 24.3 Å². The van der Waals surface area contributed by atoms with Gasteiger partial charge in [0.25, 0.3) is 0 Å². The number of carbonyl (C=O) groups excluding carboxylic acids is 2. The highest BCUT2D eigenvalue weighted by molar-refractivity contribution is 8.13. The molecule has 0 unspecified atom stereocenters. The molecular formula is C23H26O2S2Si. The minimum Gasteiger partial charge on any atom is -0.288 e. The van der Waals surface area contributed by atoms with Crippen LogP contribution in [-0.2, 0) is 9.59 Å². The van der Waals surface area contributed by atoms with Gasteiger partial charge >= 0.3 is 0 Å². The molecule has 146 valence electrons. The van der Waals surface area contributed by atoms with Crippen LogP contribution in [0.4, 0.5) is 0 Å². The minimum atomic E-state index is -1.47. The van der Waals surface area contributed by atoms with E-state index >= 15 is 0 Å². The van der Waals surface area contributed by atoms with Crippen molar-refractivity contribution in [2.75, 3.05) is 11.5 Å². The molecule has 2 nitrogen and oxygen atoms in total. The molecule has 1 aromatic carbocycles. The molecule has 28 heavy (non-hydrogen) atoms. The van der Waals surface area contributed by atoms with Crippen molar-refractivity contribution in [1.82, 2.24) is 0 Å². The second kappa shape index (κ2) is 12.6. The van der Waals surface area contributed by atoms with Gasteiger partial charge in [-0.2, -0.15) is 0 Å². The van der Waals surface area contributed by atoms with Crippen molar-refractivity contribution >= 4 is 41.8 Å². The topological polar surface area (TPSA) is 34.1 Å². The van der Waals surface area contributed by atoms with Gasteiger partial charge in [-0.3, -0.25) is 9.59 Å². The monoisotopic (exact) mass is 426 g/mol. The average molecular weight is 427 g/mol. The van der Waals surface area contributed by atoms with E-state index in [0.717, 1.165) is 16.7 Å². The van der Waals surface area contributed by atoms with Gasteiger partial charge in [0, 0.05) is 54.9 Å². The number of benzene rings is 1. The van der Waals surface area contributed by atoms with E-state index < -0.39 is 8.07 Å². The maximum atomic E-state index is 11.0. The fourth-order valence-electron chi connectivity index (χ4n) is 1.92. The fraction of sp³-hybridized carbons (Fsp3) is 0.391. The Hall–Kier alpha value is -1.84. The van der Waals surface area contributed by atoms with Crippen molar-refractivity contribution in [2.24, 2.45) is 0 Å². The second-order valence-electron chi connectivity index (χ2n) is 7.08. The lowest BCUT2D eigenvalue weighted by Crippen LogP contribution is -2.16. The third-order valence-corrected chi connectivity index (χ3v) is 5.55. The molecular weight excluding hydrogens is 400 g/mol. The molecule has 0 atom stereocenters. The highest BCUT2D eigenvalue weighted by Gasteiger charge is 2.07. The molecule has 0 bridgehead atoms. The standard InChI is InChI=1S/C23H26O2S2Si/c1-19(24)26-13-8-6-10-21-16-22(11-7-9-14-27-20(2)25)18-23(17-21)12-15-28(3,4)5/h16-18H,8-9,13-14H2,1-5H3. The minimum absolute atomic E-state index is 0.117. The van der Waals surface area contributed by atoms with Crippen LogP contribution in [0, 0.1) is 35.1 Å². The molecule has 0 fully saturated rings. The fourth-order valence-corrected chi connectivity index (χ4v) is 3.43. The molecule has 0 aromatic heterocycles. The van der Waals surface area contributed by atoms with Gasteiger partial charge in [-0.1, -0.05) is 72.8 Å². The van der Waals surface area contributed by atoms with Crippen LogP contribution in [0.5, 0.6) is 0 Å². The van der Waals surface area contributed by atoms with E-state index in [1.54, 1.807) is 13.8 Å². The Balaban J connectivity index is 2.99. The molecule has 0 amide bonds. The first-order valence-electron chi connectivity index (χ1n) is 9.08. The summed E-state index contributed by atoms with van der Waals surface area (Å²) in [7, 11) is -1.47. The SMILES string of the molecule is CC(=O)SCCC#Cc1cc(C#CCCSC(C)=O)cc(C#C[Si](C)(C)C)c1. The van der Waals surface area contributed by atoms with E-state index in [4.69, 9.17) is 0 Å². The van der Waals surface area contributed by atoms with Crippen LogP contribution < -0.4 is 0 Å². The molecule has 5 heteroatoms. The molecule has 0 N–H and O–H groups in total. The number of hydrogen-bond donors (Lipinski definition) is 0. The second-order valence-corrected chi connectivity index (χ2v) is 14.4. The number of hydrogen-bond acceptors (Lipinski definition) is 4. The van der Waals surface area contributed by atoms with E-state index in [1.165, 1.54) is 23.5 Å². The predicted molar refractivity (Wildman–Crippen MR) is 126 cm³/mol. The van der Waals surface area contributed by atoms with Gasteiger partial charge in [0.15, 0.2) is 10.2 Å². The molecule has 0 heterocycles. The summed E-state index contributed by atoms with van der Waals surface area (Å²) in [6.07, 6.45) is 1.33. The van der Waals surface area contributed by atoms with Crippen LogP contribution in [-0.4, -0.2) is 29.8 Å². The van der Waals surface area contributed by atoms with Crippen LogP contribution in [0.3, 0.4) is 0 Å². The van der Waals surface area contributed by atoms with Crippen LogP contribution in [0.15, 0.2) is 18.2 Å². The van der Waals surface area contributed by atoms with Crippen LogP contribution >= 0.6 is 23.5 Å². The third-order valence-electron chi connectivity index (χ3n) is 3.05. The lowest BCUT2D eigenvalue weighted by molar-refractivity contribution is -0.109. The Morgan fingerprint density at radius 3 is 1.54 bits per heavy atom. The highest BCUT2D eigenvalue weighted by atomic mass is 32.2. The van der Waals surface area contributed by atoms with E-state index in [9.17, 15) is 9.59 Å². The Morgan fingerprint density at radius 1 is 0.786 bits per heavy atom. The lowest BCUT2D eigenvalue weighted by atomic mass is 10.1. The lowest BCUT2D eigenvalue weighted by Gasteiger charge is -2.04. The number of carbonyl (C=O) groups is 2. The molecule has 0 aliphatic carbocycles. The molecule has 0 aliphatic heterocycles. The first-order valence-corrected chi connectivity index (χ1v) is 14.6. The summed E-state index contributed by atoms with van der Waals surface area (Å²) in [6.45, 7) is 9.77. The van der Waals surface area contributed by atoms with Gasteiger partial charge in [0.05, 0.1) is 0 Å². The zero-order valence-electron chi connectivity index (χ0n) is 17.2. The van der Waals surface area contributed by atoms with Gasteiger partial charge in [-0.05, 0) is 18.2 Å². The molecule has 1 aromatic rings. The maximum absolute atomic E-state index is 11.0. The molecule has 0 saturated heterocycles. The van der Waals surface area contributed by atoms with Crippen molar-refractivity contribution in [2.45, 2.75) is 46.3 Å². The number of rotatable bonds is 4. The molecule has 1 rings (SSSR count). The maximum Gasteiger partial charge on any atom is 0.185 e. The van der Waals surface area contributed by atoms with Crippen molar-refractivity contribution < 1.29 is 9.59 Å². The van der Waals surface area contributed by atoms with E-state index in [2.05, 4.69) is 54.8 Å². The van der Waals surface area contributed by atoms with Crippen molar-refractivity contribution in [3.05, 3.63) is 34.9 Å². The molecule has 0 spiro atoms. The summed E-state index contributed by atoms with van der Waals surface area (Å²) in [5.41, 5.74) is 6.08. The zero-order chi connectivity index (χ0) is 21.0. The van der Waals surface area contributed by atoms with Gasteiger partial charge in [0.2, 0.25) is 0 Å². The van der Waals surface area contributed by atoms with Gasteiger partial charge in [-0.15, -0.1) is 5.54 Å². The summed E-state index contributed by atoms with van der Waals surface area (Å²) in [5, 5.41) is 0.233. The van der Waals surface area contributed by atoms with Crippen LogP contribution in [0.25, 0.3) is 0 Å². The van der Waals surface area contributed by atoms with Crippen LogP contribution in [0.2, 0.25) is 19.6 Å². The molecule has 0 aliphatic rings. The van der Waals surface area contributed by atoms with Crippen molar-refractivity contribution in [1.29, 1.82) is 0 Å². The van der Waals surface area contributed by atoms with Gasteiger partial charge < -0.3 is 0 Å². The highest BCUT2D eigenvalue weighted by Crippen LogP contribution is 2.10. The van der Waals surface area contributed by atoms with Crippen molar-refractivity contribution in [3.8, 4) is 35.1 Å². The molecule has 0 saturated carbocycles. The largest absolute Gasteiger partial charge is 0.288 e. The zero-order valence-corrected chi connectivity index (χ0v) is 19.8. The Kier molecular flexibility index (Phi) is 10.9. The smallest absolute Gasteiger partial charge is 0.185 e. The Morgan fingerprint density at radius 2 is 1.18 bits per heavy atom. The first kappa shape index (κ1) is 24.2. The van der Waals surface area contributed by atoms with E-state index in [-0.39, 0.29) is 10.2 Å². The summed E-state index contributed by atoms with van der Waals surface area (Å²) in [4.78, 5) is 21.9. The van der Waals surface area contributed by atoms with Crippen LogP contribution in [0.1, 0.15) is 43.4 Å². The summed E-state index contributed by atoms with van der Waals surface area (Å²) in [5.74, 6) is 17.3. The summed E-state index contributed by atoms with van der Waals surface area (Å²) < 4.78 is 0. The van der Waals surface area contributed by atoms with Gasteiger partial charge in [-0.25, -0.2) is 0 Å². The van der Waals surface area contributed by atoms with Crippen molar-refractivity contribution in [3.63, 3.8) is 0 Å². The van der Waals surface area contributed by atoms with Gasteiger partial charge in [0.1, 0.15) is 8.07 Å². The first-order chi connectivity index (χ1) is 13.2. The molecule has 0 radical (unpaired) electrons. The quantitative estimate of drug-likeness (QED) is 0.387. The Labute approximate surface area is 179 Å². The van der Waals surface area contributed by atoms with E-state index in [1.807, 2.05) is 18.2 Å². The average Bonchev–Trinajstić information content (AvgIpc) is 2.58. The third kappa shape index (κ3) is 12.5. The predicted octanol–water partition coefficient (Wildman–Crippen LogP) is 4.96. The summed E-state index contributed by atoms with van der Waals surface area (Å²) in [6, 6.07) is 5.96. The Bertz CT molecular complexity index is 838. The normalized spacial score (nSPS) is 9.89. The summed E-state index contributed by atoms with van der Waals surface area (Å²) >= 11 is 2.59. The number of thioether (sulfide) groups is 2.